The Hall–Kier alpha value is -2.24. The number of carbonyl (C=O) groups excluding carboxylic acids is 2. The van der Waals surface area contributed by atoms with Gasteiger partial charge in [-0.05, 0) is 26.0 Å². The average Bonchev–Trinajstić information content (AvgIpc) is 2.35. The lowest BCUT2D eigenvalue weighted by Gasteiger charge is -2.10. The van der Waals surface area contributed by atoms with Crippen LogP contribution in [0.5, 0.6) is 5.75 Å². The molecule has 0 amide bonds. The molecule has 0 aliphatic heterocycles. The van der Waals surface area contributed by atoms with E-state index >= 15 is 0 Å². The molecule has 6 nitrogen and oxygen atoms in total. The van der Waals surface area contributed by atoms with E-state index in [4.69, 9.17) is 19.9 Å². The smallest absolute Gasteiger partial charge is 0.344 e. The third-order valence-electron chi connectivity index (χ3n) is 2.19. The molecule has 1 aromatic rings. The summed E-state index contributed by atoms with van der Waals surface area (Å²) in [7, 11) is 1.45. The first-order chi connectivity index (χ1) is 8.95. The molecule has 1 rings (SSSR count). The van der Waals surface area contributed by atoms with Gasteiger partial charge in [-0.1, -0.05) is 6.07 Å². The average molecular weight is 267 g/mol. The normalized spacial score (nSPS) is 10.1. The highest BCUT2D eigenvalue weighted by Gasteiger charge is 2.16. The Labute approximate surface area is 111 Å². The molecule has 104 valence electrons. The van der Waals surface area contributed by atoms with Gasteiger partial charge < -0.3 is 19.9 Å². The molecule has 0 fully saturated rings. The van der Waals surface area contributed by atoms with Crippen LogP contribution in [0.15, 0.2) is 18.2 Å². The molecule has 0 saturated heterocycles. The molecule has 0 aliphatic carbocycles. The number of hydrogen-bond acceptors (Lipinski definition) is 6. The number of esters is 2. The van der Waals surface area contributed by atoms with Gasteiger partial charge in [-0.15, -0.1) is 0 Å². The van der Waals surface area contributed by atoms with Crippen molar-refractivity contribution in [2.24, 2.45) is 0 Å². The van der Waals surface area contributed by atoms with Crippen molar-refractivity contribution in [1.82, 2.24) is 0 Å². The van der Waals surface area contributed by atoms with Crippen molar-refractivity contribution in [1.29, 1.82) is 0 Å². The van der Waals surface area contributed by atoms with E-state index in [0.29, 0.717) is 5.75 Å². The maximum Gasteiger partial charge on any atom is 0.344 e. The van der Waals surface area contributed by atoms with Crippen molar-refractivity contribution in [2.75, 3.05) is 19.5 Å². The van der Waals surface area contributed by atoms with Crippen molar-refractivity contribution in [3.05, 3.63) is 23.8 Å². The predicted molar refractivity (Wildman–Crippen MR) is 68.9 cm³/mol. The SMILES string of the molecule is COc1cccc(C(=O)OCC(=O)OC(C)C)c1N. The van der Waals surface area contributed by atoms with Crippen molar-refractivity contribution >= 4 is 17.6 Å². The molecule has 0 aromatic heterocycles. The zero-order chi connectivity index (χ0) is 14.4. The fourth-order valence-corrected chi connectivity index (χ4v) is 1.40. The van der Waals surface area contributed by atoms with Crippen LogP contribution in [0.1, 0.15) is 24.2 Å². The molecule has 0 unspecified atom stereocenters. The molecule has 0 atom stereocenters. The lowest BCUT2D eigenvalue weighted by Crippen LogP contribution is -2.20. The summed E-state index contributed by atoms with van der Waals surface area (Å²) in [5.74, 6) is -0.930. The van der Waals surface area contributed by atoms with Gasteiger partial charge >= 0.3 is 11.9 Å². The summed E-state index contributed by atoms with van der Waals surface area (Å²) < 4.78 is 14.7. The number of para-hydroxylation sites is 1. The zero-order valence-electron chi connectivity index (χ0n) is 11.1. The van der Waals surface area contributed by atoms with Gasteiger partial charge in [-0.25, -0.2) is 9.59 Å². The standard InChI is InChI=1S/C13H17NO5/c1-8(2)19-11(15)7-18-13(16)9-5-4-6-10(17-3)12(9)14/h4-6,8H,7,14H2,1-3H3. The summed E-state index contributed by atoms with van der Waals surface area (Å²) in [6, 6.07) is 4.73. The van der Waals surface area contributed by atoms with Crippen LogP contribution in [-0.2, 0) is 14.3 Å². The quantitative estimate of drug-likeness (QED) is 0.640. The van der Waals surface area contributed by atoms with Crippen LogP contribution >= 0.6 is 0 Å². The summed E-state index contributed by atoms with van der Waals surface area (Å²) in [5, 5.41) is 0. The molecule has 0 radical (unpaired) electrons. The van der Waals surface area contributed by atoms with Crippen molar-refractivity contribution in [3.63, 3.8) is 0 Å². The molecule has 0 bridgehead atoms. The molecular weight excluding hydrogens is 250 g/mol. The maximum absolute atomic E-state index is 11.8. The summed E-state index contributed by atoms with van der Waals surface area (Å²) in [6.45, 7) is 2.97. The number of hydrogen-bond donors (Lipinski definition) is 1. The van der Waals surface area contributed by atoms with E-state index in [0.717, 1.165) is 0 Å². The minimum absolute atomic E-state index is 0.150. The van der Waals surface area contributed by atoms with E-state index in [1.54, 1.807) is 26.0 Å². The highest BCUT2D eigenvalue weighted by molar-refractivity contribution is 5.97. The van der Waals surface area contributed by atoms with Gasteiger partial charge in [0.15, 0.2) is 6.61 Å². The molecular formula is C13H17NO5. The highest BCUT2D eigenvalue weighted by Crippen LogP contribution is 2.25. The summed E-state index contributed by atoms with van der Waals surface area (Å²) in [5.41, 5.74) is 6.06. The number of nitrogen functional groups attached to an aromatic ring is 1. The second kappa shape index (κ2) is 6.63. The monoisotopic (exact) mass is 267 g/mol. The molecule has 1 aromatic carbocycles. The van der Waals surface area contributed by atoms with Crippen molar-refractivity contribution in [2.45, 2.75) is 20.0 Å². The van der Waals surface area contributed by atoms with Gasteiger partial charge in [-0.3, -0.25) is 0 Å². The van der Waals surface area contributed by atoms with E-state index in [9.17, 15) is 9.59 Å². The van der Waals surface area contributed by atoms with Crippen LogP contribution in [0.3, 0.4) is 0 Å². The van der Waals surface area contributed by atoms with E-state index in [1.807, 2.05) is 0 Å². The van der Waals surface area contributed by atoms with E-state index in [2.05, 4.69) is 0 Å². The Bertz CT molecular complexity index is 470. The first-order valence-electron chi connectivity index (χ1n) is 5.74. The molecule has 0 aliphatic rings. The van der Waals surface area contributed by atoms with E-state index < -0.39 is 18.5 Å². The third kappa shape index (κ3) is 4.17. The molecule has 6 heteroatoms. The van der Waals surface area contributed by atoms with Gasteiger partial charge in [0.1, 0.15) is 5.75 Å². The van der Waals surface area contributed by atoms with E-state index in [1.165, 1.54) is 13.2 Å². The van der Waals surface area contributed by atoms with Gasteiger partial charge in [-0.2, -0.15) is 0 Å². The Morgan fingerprint density at radius 1 is 1.32 bits per heavy atom. The van der Waals surface area contributed by atoms with Crippen LogP contribution in [0.2, 0.25) is 0 Å². The van der Waals surface area contributed by atoms with Crippen LogP contribution in [-0.4, -0.2) is 31.8 Å². The topological polar surface area (TPSA) is 87.8 Å². The Morgan fingerprint density at radius 3 is 2.58 bits per heavy atom. The number of rotatable bonds is 5. The molecule has 2 N–H and O–H groups in total. The summed E-state index contributed by atoms with van der Waals surface area (Å²) in [6.07, 6.45) is -0.256. The molecule has 0 spiro atoms. The number of anilines is 1. The summed E-state index contributed by atoms with van der Waals surface area (Å²) in [4.78, 5) is 23.0. The van der Waals surface area contributed by atoms with Crippen LogP contribution in [0, 0.1) is 0 Å². The van der Waals surface area contributed by atoms with Crippen molar-refractivity contribution in [3.8, 4) is 5.75 Å². The number of carbonyl (C=O) groups is 2. The van der Waals surface area contributed by atoms with Crippen LogP contribution < -0.4 is 10.5 Å². The number of methoxy groups -OCH3 is 1. The van der Waals surface area contributed by atoms with Gasteiger partial charge in [0, 0.05) is 0 Å². The fourth-order valence-electron chi connectivity index (χ4n) is 1.40. The third-order valence-corrected chi connectivity index (χ3v) is 2.19. The maximum atomic E-state index is 11.8. The second-order valence-corrected chi connectivity index (χ2v) is 4.04. The minimum Gasteiger partial charge on any atom is -0.495 e. The van der Waals surface area contributed by atoms with Crippen LogP contribution in [0.4, 0.5) is 5.69 Å². The fraction of sp³-hybridized carbons (Fsp3) is 0.385. The summed E-state index contributed by atoms with van der Waals surface area (Å²) >= 11 is 0. The van der Waals surface area contributed by atoms with Crippen LogP contribution in [0.25, 0.3) is 0 Å². The van der Waals surface area contributed by atoms with Crippen molar-refractivity contribution < 1.29 is 23.8 Å². The first-order valence-corrected chi connectivity index (χ1v) is 5.74. The lowest BCUT2D eigenvalue weighted by molar-refractivity contribution is -0.150. The first kappa shape index (κ1) is 14.8. The molecule has 19 heavy (non-hydrogen) atoms. The lowest BCUT2D eigenvalue weighted by atomic mass is 10.1. The van der Waals surface area contributed by atoms with Gasteiger partial charge in [0.25, 0.3) is 0 Å². The number of ether oxygens (including phenoxy) is 3. The number of nitrogens with two attached hydrogens (primary N) is 1. The Balaban J connectivity index is 2.66. The Kier molecular flexibility index (Phi) is 5.17. The molecule has 0 saturated carbocycles. The van der Waals surface area contributed by atoms with Gasteiger partial charge in [0.05, 0.1) is 24.5 Å². The Morgan fingerprint density at radius 2 is 2.00 bits per heavy atom. The number of benzene rings is 1. The highest BCUT2D eigenvalue weighted by atomic mass is 16.6. The van der Waals surface area contributed by atoms with E-state index in [-0.39, 0.29) is 17.4 Å². The largest absolute Gasteiger partial charge is 0.495 e. The second-order valence-electron chi connectivity index (χ2n) is 4.04. The predicted octanol–water partition coefficient (Wildman–Crippen LogP) is 1.39. The van der Waals surface area contributed by atoms with Gasteiger partial charge in [0.2, 0.25) is 0 Å². The minimum atomic E-state index is -0.697. The molecule has 0 heterocycles. The zero-order valence-corrected chi connectivity index (χ0v) is 11.1.